The molecule has 2 rings (SSSR count). The van der Waals surface area contributed by atoms with Gasteiger partial charge in [0.05, 0.1) is 19.8 Å². The van der Waals surface area contributed by atoms with Crippen LogP contribution in [0.15, 0.2) is 18.2 Å². The maximum absolute atomic E-state index is 9.19. The Morgan fingerprint density at radius 1 is 1.53 bits per heavy atom. The van der Waals surface area contributed by atoms with Gasteiger partial charge in [0.2, 0.25) is 0 Å². The number of hydrogen-bond acceptors (Lipinski definition) is 5. The molecule has 4 N–H and O–H groups in total. The second kappa shape index (κ2) is 6.75. The van der Waals surface area contributed by atoms with Gasteiger partial charge in [0.1, 0.15) is 6.10 Å². The molecular weight excluding hydrogens is 244 g/mol. The fourth-order valence-electron chi connectivity index (χ4n) is 2.33. The minimum absolute atomic E-state index is 0.120. The summed E-state index contributed by atoms with van der Waals surface area (Å²) in [5, 5.41) is 12.5. The zero-order valence-corrected chi connectivity index (χ0v) is 11.3. The Kier molecular flexibility index (Phi) is 5.01. The third-order valence-electron chi connectivity index (χ3n) is 3.35. The van der Waals surface area contributed by atoms with Crippen molar-refractivity contribution in [2.24, 2.45) is 5.73 Å². The van der Waals surface area contributed by atoms with Gasteiger partial charge >= 0.3 is 0 Å². The van der Waals surface area contributed by atoms with Crippen LogP contribution in [-0.4, -0.2) is 38.0 Å². The number of nitrogens with two attached hydrogens (primary N) is 1. The number of piperidine rings is 1. The van der Waals surface area contributed by atoms with Gasteiger partial charge in [-0.15, -0.1) is 0 Å². The Hall–Kier alpha value is -1.30. The standard InChI is InChI=1S/C14H22N2O3/c1-18-14-11(12(15)9-17)5-2-6-13(14)19-10-4-3-7-16-8-10/h2,5-6,10,12,16-17H,3-4,7-9,15H2,1H3. The number of para-hydroxylation sites is 1. The van der Waals surface area contributed by atoms with Crippen molar-refractivity contribution in [2.45, 2.75) is 25.0 Å². The molecule has 1 aliphatic heterocycles. The number of methoxy groups -OCH3 is 1. The van der Waals surface area contributed by atoms with Crippen LogP contribution in [0.4, 0.5) is 0 Å². The van der Waals surface area contributed by atoms with Crippen LogP contribution in [0.1, 0.15) is 24.4 Å². The number of benzene rings is 1. The Morgan fingerprint density at radius 3 is 3.00 bits per heavy atom. The molecule has 106 valence electrons. The molecule has 0 amide bonds. The number of ether oxygens (including phenoxy) is 2. The minimum atomic E-state index is -0.456. The summed E-state index contributed by atoms with van der Waals surface area (Å²) in [5.41, 5.74) is 6.64. The van der Waals surface area contributed by atoms with Crippen molar-refractivity contribution in [2.75, 3.05) is 26.8 Å². The van der Waals surface area contributed by atoms with Crippen molar-refractivity contribution in [3.05, 3.63) is 23.8 Å². The number of aliphatic hydroxyl groups is 1. The van der Waals surface area contributed by atoms with Crippen molar-refractivity contribution in [3.8, 4) is 11.5 Å². The first-order valence-electron chi connectivity index (χ1n) is 6.67. The van der Waals surface area contributed by atoms with Crippen molar-refractivity contribution < 1.29 is 14.6 Å². The molecule has 5 heteroatoms. The van der Waals surface area contributed by atoms with Gasteiger partial charge in [-0.1, -0.05) is 12.1 Å². The van der Waals surface area contributed by atoms with E-state index in [9.17, 15) is 5.11 Å². The lowest BCUT2D eigenvalue weighted by molar-refractivity contribution is 0.160. The fraction of sp³-hybridized carbons (Fsp3) is 0.571. The molecule has 1 saturated heterocycles. The average molecular weight is 266 g/mol. The molecule has 0 saturated carbocycles. The first-order valence-corrected chi connectivity index (χ1v) is 6.67. The van der Waals surface area contributed by atoms with Gasteiger partial charge in [-0.2, -0.15) is 0 Å². The predicted octanol–water partition coefficient (Wildman–Crippen LogP) is 0.818. The number of hydrogen-bond donors (Lipinski definition) is 3. The van der Waals surface area contributed by atoms with E-state index in [2.05, 4.69) is 5.32 Å². The van der Waals surface area contributed by atoms with E-state index in [-0.39, 0.29) is 12.7 Å². The van der Waals surface area contributed by atoms with E-state index in [0.717, 1.165) is 31.5 Å². The van der Waals surface area contributed by atoms with E-state index in [0.29, 0.717) is 11.5 Å². The third kappa shape index (κ3) is 3.37. The van der Waals surface area contributed by atoms with Gasteiger partial charge in [0, 0.05) is 12.1 Å². The molecule has 0 spiro atoms. The summed E-state index contributed by atoms with van der Waals surface area (Å²) in [5.74, 6) is 1.31. The van der Waals surface area contributed by atoms with Gasteiger partial charge in [-0.25, -0.2) is 0 Å². The van der Waals surface area contributed by atoms with E-state index >= 15 is 0 Å². The first-order chi connectivity index (χ1) is 9.26. The highest BCUT2D eigenvalue weighted by atomic mass is 16.5. The second-order valence-corrected chi connectivity index (χ2v) is 4.75. The van der Waals surface area contributed by atoms with Crippen molar-refractivity contribution >= 4 is 0 Å². The van der Waals surface area contributed by atoms with Crippen LogP contribution in [0.25, 0.3) is 0 Å². The van der Waals surface area contributed by atoms with E-state index < -0.39 is 6.04 Å². The molecule has 0 aliphatic carbocycles. The van der Waals surface area contributed by atoms with Crippen LogP contribution < -0.4 is 20.5 Å². The molecule has 5 nitrogen and oxygen atoms in total. The fourth-order valence-corrected chi connectivity index (χ4v) is 2.33. The largest absolute Gasteiger partial charge is 0.493 e. The Morgan fingerprint density at radius 2 is 2.37 bits per heavy atom. The smallest absolute Gasteiger partial charge is 0.165 e. The lowest BCUT2D eigenvalue weighted by Gasteiger charge is -2.25. The molecule has 1 heterocycles. The maximum Gasteiger partial charge on any atom is 0.165 e. The molecule has 0 aromatic heterocycles. The minimum Gasteiger partial charge on any atom is -0.493 e. The van der Waals surface area contributed by atoms with Gasteiger partial charge in [-0.3, -0.25) is 0 Å². The summed E-state index contributed by atoms with van der Waals surface area (Å²) in [4.78, 5) is 0. The normalized spacial score (nSPS) is 20.9. The summed E-state index contributed by atoms with van der Waals surface area (Å²) in [6.45, 7) is 1.77. The number of nitrogens with one attached hydrogen (secondary N) is 1. The third-order valence-corrected chi connectivity index (χ3v) is 3.35. The predicted molar refractivity (Wildman–Crippen MR) is 73.5 cm³/mol. The van der Waals surface area contributed by atoms with Gasteiger partial charge in [0.25, 0.3) is 0 Å². The molecule has 1 aliphatic rings. The molecule has 1 aromatic rings. The first kappa shape index (κ1) is 14.1. The van der Waals surface area contributed by atoms with E-state index in [1.54, 1.807) is 7.11 Å². The molecule has 1 aromatic carbocycles. The highest BCUT2D eigenvalue weighted by Gasteiger charge is 2.20. The highest BCUT2D eigenvalue weighted by Crippen LogP contribution is 2.35. The van der Waals surface area contributed by atoms with E-state index in [4.69, 9.17) is 15.2 Å². The van der Waals surface area contributed by atoms with Crippen LogP contribution in [0.2, 0.25) is 0 Å². The summed E-state index contributed by atoms with van der Waals surface area (Å²) in [7, 11) is 1.59. The zero-order valence-electron chi connectivity index (χ0n) is 11.3. The molecule has 1 fully saturated rings. The monoisotopic (exact) mass is 266 g/mol. The summed E-state index contributed by atoms with van der Waals surface area (Å²) in [6, 6.07) is 5.15. The number of rotatable bonds is 5. The Balaban J connectivity index is 2.19. The number of aliphatic hydroxyl groups excluding tert-OH is 1. The van der Waals surface area contributed by atoms with Crippen LogP contribution in [0, 0.1) is 0 Å². The van der Waals surface area contributed by atoms with Crippen molar-refractivity contribution in [1.82, 2.24) is 5.32 Å². The summed E-state index contributed by atoms with van der Waals surface area (Å²) < 4.78 is 11.4. The summed E-state index contributed by atoms with van der Waals surface area (Å²) in [6.07, 6.45) is 2.30. The van der Waals surface area contributed by atoms with Crippen molar-refractivity contribution in [1.29, 1.82) is 0 Å². The van der Waals surface area contributed by atoms with Crippen LogP contribution in [-0.2, 0) is 0 Å². The molecule has 0 bridgehead atoms. The highest BCUT2D eigenvalue weighted by molar-refractivity contribution is 5.48. The summed E-state index contributed by atoms with van der Waals surface area (Å²) >= 11 is 0. The Bertz CT molecular complexity index is 406. The molecular formula is C14H22N2O3. The van der Waals surface area contributed by atoms with Gasteiger partial charge < -0.3 is 25.6 Å². The molecule has 19 heavy (non-hydrogen) atoms. The molecule has 2 atom stereocenters. The topological polar surface area (TPSA) is 76.7 Å². The molecule has 0 radical (unpaired) electrons. The second-order valence-electron chi connectivity index (χ2n) is 4.75. The lowest BCUT2D eigenvalue weighted by atomic mass is 10.1. The zero-order chi connectivity index (χ0) is 13.7. The van der Waals surface area contributed by atoms with Gasteiger partial charge in [0.15, 0.2) is 11.5 Å². The van der Waals surface area contributed by atoms with Crippen LogP contribution in [0.5, 0.6) is 11.5 Å². The van der Waals surface area contributed by atoms with Crippen molar-refractivity contribution in [3.63, 3.8) is 0 Å². The van der Waals surface area contributed by atoms with Crippen LogP contribution in [0.3, 0.4) is 0 Å². The van der Waals surface area contributed by atoms with E-state index in [1.807, 2.05) is 18.2 Å². The molecule has 2 unspecified atom stereocenters. The van der Waals surface area contributed by atoms with Crippen LogP contribution >= 0.6 is 0 Å². The average Bonchev–Trinajstić information content (AvgIpc) is 2.47. The van der Waals surface area contributed by atoms with E-state index in [1.165, 1.54) is 0 Å². The SMILES string of the molecule is COc1c(OC2CCCNC2)cccc1C(N)CO. The Labute approximate surface area is 113 Å². The quantitative estimate of drug-likeness (QED) is 0.735. The maximum atomic E-state index is 9.19. The van der Waals surface area contributed by atoms with Gasteiger partial charge in [-0.05, 0) is 25.5 Å². The lowest BCUT2D eigenvalue weighted by Crippen LogP contribution is -2.37.